The minimum Gasteiger partial charge on any atom is -0.268 e. The highest BCUT2D eigenvalue weighted by Crippen LogP contribution is 2.38. The Hall–Kier alpha value is -2.19. The first-order valence-electron chi connectivity index (χ1n) is 6.96. The number of amides is 1. The number of halogens is 4. The summed E-state index contributed by atoms with van der Waals surface area (Å²) in [6.45, 7) is 0. The Balaban J connectivity index is 1.93. The number of carbonyl (C=O) groups is 1. The molecule has 1 heterocycles. The van der Waals surface area contributed by atoms with E-state index >= 15 is 0 Å². The van der Waals surface area contributed by atoms with Crippen LogP contribution in [0.25, 0.3) is 6.08 Å². The number of hydrogen-bond acceptors (Lipinski definition) is 3. The van der Waals surface area contributed by atoms with Crippen molar-refractivity contribution in [2.24, 2.45) is 0 Å². The second-order valence-electron chi connectivity index (χ2n) is 5.12. The first-order valence-corrected chi connectivity index (χ1v) is 8.19. The van der Waals surface area contributed by atoms with E-state index in [1.807, 2.05) is 0 Å². The number of benzene rings is 2. The Morgan fingerprint density at radius 2 is 1.76 bits per heavy atom. The zero-order valence-corrected chi connectivity index (χ0v) is 14.0. The summed E-state index contributed by atoms with van der Waals surface area (Å²) >= 11 is 6.12. The zero-order chi connectivity index (χ0) is 18.2. The van der Waals surface area contributed by atoms with Gasteiger partial charge in [-0.1, -0.05) is 42.2 Å². The van der Waals surface area contributed by atoms with Gasteiger partial charge in [0.1, 0.15) is 5.82 Å². The van der Waals surface area contributed by atoms with Crippen LogP contribution in [0.4, 0.5) is 23.2 Å². The molecule has 0 spiro atoms. The highest BCUT2D eigenvalue weighted by molar-refractivity contribution is 8.27. The molecule has 1 fully saturated rings. The fraction of sp³-hybridized carbons (Fsp3) is 0.0588. The van der Waals surface area contributed by atoms with Crippen LogP contribution < -0.4 is 4.90 Å². The van der Waals surface area contributed by atoms with Gasteiger partial charge < -0.3 is 0 Å². The van der Waals surface area contributed by atoms with Gasteiger partial charge in [-0.05, 0) is 42.0 Å². The normalized spacial score (nSPS) is 16.8. The lowest BCUT2D eigenvalue weighted by atomic mass is 10.1. The van der Waals surface area contributed by atoms with Crippen LogP contribution >= 0.6 is 24.0 Å². The van der Waals surface area contributed by atoms with Gasteiger partial charge in [0.15, 0.2) is 4.32 Å². The molecule has 0 N–H and O–H groups in total. The molecule has 3 rings (SSSR count). The standard InChI is InChI=1S/C17H9F4NOS2/c18-12-6-4-10(5-7-12)8-14-15(23)22(16(24)25-14)13-3-1-2-11(9-13)17(19,20)21/h1-9H/b14-8-. The summed E-state index contributed by atoms with van der Waals surface area (Å²) in [5.41, 5.74) is -0.215. The van der Waals surface area contributed by atoms with Crippen LogP contribution in [0, 0.1) is 5.82 Å². The van der Waals surface area contributed by atoms with Crippen molar-refractivity contribution >= 4 is 46.0 Å². The molecule has 1 amide bonds. The second-order valence-corrected chi connectivity index (χ2v) is 6.79. The lowest BCUT2D eigenvalue weighted by molar-refractivity contribution is -0.137. The topological polar surface area (TPSA) is 20.3 Å². The molecule has 1 aliphatic rings. The number of anilines is 1. The van der Waals surface area contributed by atoms with Gasteiger partial charge in [-0.25, -0.2) is 4.39 Å². The maximum Gasteiger partial charge on any atom is 0.416 e. The summed E-state index contributed by atoms with van der Waals surface area (Å²) in [7, 11) is 0. The Bertz CT molecular complexity index is 875. The fourth-order valence-corrected chi connectivity index (χ4v) is 3.52. The maximum atomic E-state index is 12.9. The number of thiocarbonyl (C=S) groups is 1. The molecule has 1 aliphatic heterocycles. The largest absolute Gasteiger partial charge is 0.416 e. The molecule has 0 saturated carbocycles. The van der Waals surface area contributed by atoms with Crippen LogP contribution in [0.15, 0.2) is 53.4 Å². The van der Waals surface area contributed by atoms with Gasteiger partial charge in [0.05, 0.1) is 16.2 Å². The summed E-state index contributed by atoms with van der Waals surface area (Å²) in [4.78, 5) is 13.9. The van der Waals surface area contributed by atoms with E-state index in [-0.39, 0.29) is 14.9 Å². The van der Waals surface area contributed by atoms with Crippen LogP contribution in [-0.4, -0.2) is 10.2 Å². The van der Waals surface area contributed by atoms with Gasteiger partial charge in [-0.3, -0.25) is 9.69 Å². The average molecular weight is 383 g/mol. The van der Waals surface area contributed by atoms with Crippen molar-refractivity contribution in [1.29, 1.82) is 0 Å². The molecule has 8 heteroatoms. The van der Waals surface area contributed by atoms with Crippen molar-refractivity contribution in [3.63, 3.8) is 0 Å². The molecular weight excluding hydrogens is 374 g/mol. The molecule has 0 atom stereocenters. The Morgan fingerprint density at radius 1 is 1.08 bits per heavy atom. The van der Waals surface area contributed by atoms with Crippen LogP contribution in [-0.2, 0) is 11.0 Å². The summed E-state index contributed by atoms with van der Waals surface area (Å²) in [6.07, 6.45) is -2.99. The summed E-state index contributed by atoms with van der Waals surface area (Å²) in [5, 5.41) is 0. The number of alkyl halides is 3. The van der Waals surface area contributed by atoms with E-state index in [1.54, 1.807) is 0 Å². The molecule has 2 aromatic rings. The molecule has 2 nitrogen and oxygen atoms in total. The highest BCUT2D eigenvalue weighted by Gasteiger charge is 2.36. The molecule has 2 aromatic carbocycles. The highest BCUT2D eigenvalue weighted by atomic mass is 32.2. The first-order chi connectivity index (χ1) is 11.8. The quantitative estimate of drug-likeness (QED) is 0.401. The fourth-order valence-electron chi connectivity index (χ4n) is 2.22. The molecule has 0 radical (unpaired) electrons. The summed E-state index contributed by atoms with van der Waals surface area (Å²) < 4.78 is 51.7. The van der Waals surface area contributed by atoms with Crippen molar-refractivity contribution in [3.8, 4) is 0 Å². The predicted octanol–water partition coefficient (Wildman–Crippen LogP) is 5.25. The SMILES string of the molecule is O=C1/C(=C/c2ccc(F)cc2)SC(=S)N1c1cccc(C(F)(F)F)c1. The Labute approximate surface area is 150 Å². The average Bonchev–Trinajstić information content (AvgIpc) is 2.83. The van der Waals surface area contributed by atoms with E-state index in [2.05, 4.69) is 0 Å². The molecule has 0 unspecified atom stereocenters. The Kier molecular flexibility index (Phi) is 4.66. The lowest BCUT2D eigenvalue weighted by Gasteiger charge is -2.16. The lowest BCUT2D eigenvalue weighted by Crippen LogP contribution is -2.27. The molecule has 1 saturated heterocycles. The molecule has 0 aromatic heterocycles. The van der Waals surface area contributed by atoms with E-state index in [1.165, 1.54) is 42.5 Å². The number of nitrogens with zero attached hydrogens (tertiary/aromatic N) is 1. The third-order valence-corrected chi connectivity index (χ3v) is 4.70. The second kappa shape index (κ2) is 6.61. The van der Waals surface area contributed by atoms with E-state index < -0.39 is 23.5 Å². The maximum absolute atomic E-state index is 12.9. The summed E-state index contributed by atoms with van der Waals surface area (Å²) in [6, 6.07) is 9.90. The van der Waals surface area contributed by atoms with Crippen molar-refractivity contribution in [2.75, 3.05) is 4.90 Å². The molecular formula is C17H9F4NOS2. The van der Waals surface area contributed by atoms with Crippen molar-refractivity contribution in [2.45, 2.75) is 6.18 Å². The van der Waals surface area contributed by atoms with E-state index in [0.29, 0.717) is 5.56 Å². The van der Waals surface area contributed by atoms with Gasteiger partial charge in [0.2, 0.25) is 0 Å². The number of carbonyl (C=O) groups excluding carboxylic acids is 1. The summed E-state index contributed by atoms with van der Waals surface area (Å²) in [5.74, 6) is -0.924. The van der Waals surface area contributed by atoms with Crippen LogP contribution in [0.2, 0.25) is 0 Å². The molecule has 25 heavy (non-hydrogen) atoms. The number of hydrogen-bond donors (Lipinski definition) is 0. The van der Waals surface area contributed by atoms with E-state index in [9.17, 15) is 22.4 Å². The van der Waals surface area contributed by atoms with E-state index in [0.717, 1.165) is 28.8 Å². The molecule has 0 aliphatic carbocycles. The van der Waals surface area contributed by atoms with Gasteiger partial charge in [0.25, 0.3) is 5.91 Å². The van der Waals surface area contributed by atoms with E-state index in [4.69, 9.17) is 12.2 Å². The van der Waals surface area contributed by atoms with Crippen LogP contribution in [0.1, 0.15) is 11.1 Å². The minimum atomic E-state index is -4.51. The van der Waals surface area contributed by atoms with Gasteiger partial charge in [-0.15, -0.1) is 0 Å². The van der Waals surface area contributed by atoms with Crippen LogP contribution in [0.5, 0.6) is 0 Å². The smallest absolute Gasteiger partial charge is 0.268 e. The number of thioether (sulfide) groups is 1. The van der Waals surface area contributed by atoms with Crippen LogP contribution in [0.3, 0.4) is 0 Å². The van der Waals surface area contributed by atoms with Gasteiger partial charge in [0, 0.05) is 0 Å². The Morgan fingerprint density at radius 3 is 2.40 bits per heavy atom. The molecule has 0 bridgehead atoms. The zero-order valence-electron chi connectivity index (χ0n) is 12.4. The predicted molar refractivity (Wildman–Crippen MR) is 93.5 cm³/mol. The van der Waals surface area contributed by atoms with Gasteiger partial charge in [-0.2, -0.15) is 13.2 Å². The molecule has 128 valence electrons. The third kappa shape index (κ3) is 3.74. The van der Waals surface area contributed by atoms with Crippen molar-refractivity contribution in [3.05, 3.63) is 70.4 Å². The van der Waals surface area contributed by atoms with Crippen molar-refractivity contribution in [1.82, 2.24) is 0 Å². The minimum absolute atomic E-state index is 0.0554. The van der Waals surface area contributed by atoms with Gasteiger partial charge >= 0.3 is 6.18 Å². The van der Waals surface area contributed by atoms with Crippen molar-refractivity contribution < 1.29 is 22.4 Å². The number of rotatable bonds is 2. The first kappa shape index (κ1) is 17.6. The monoisotopic (exact) mass is 383 g/mol. The third-order valence-electron chi connectivity index (χ3n) is 3.39.